The third-order valence-electron chi connectivity index (χ3n) is 5.77. The Labute approximate surface area is 194 Å². The highest BCUT2D eigenvalue weighted by Gasteiger charge is 2.20. The number of anilines is 1. The first-order valence-electron chi connectivity index (χ1n) is 10.7. The van der Waals surface area contributed by atoms with Crippen LogP contribution in [0.15, 0.2) is 58.4 Å². The quantitative estimate of drug-likeness (QED) is 0.487. The molecule has 0 amide bonds. The lowest BCUT2D eigenvalue weighted by atomic mass is 10.1. The van der Waals surface area contributed by atoms with Crippen molar-refractivity contribution in [3.05, 3.63) is 80.1 Å². The molecular weight excluding hydrogens is 442 g/mol. The summed E-state index contributed by atoms with van der Waals surface area (Å²) < 4.78 is 8.33. The summed E-state index contributed by atoms with van der Waals surface area (Å²) in [7, 11) is 0. The van der Waals surface area contributed by atoms with Crippen molar-refractivity contribution in [2.45, 2.75) is 26.4 Å². The zero-order valence-corrected chi connectivity index (χ0v) is 19.0. The van der Waals surface area contributed by atoms with E-state index in [1.54, 1.807) is 54.2 Å². The lowest BCUT2D eigenvalue weighted by Gasteiger charge is -2.26. The molecule has 9 heteroatoms. The summed E-state index contributed by atoms with van der Waals surface area (Å²) in [6, 6.07) is 10.8. The number of rotatable bonds is 5. The predicted octanol–water partition coefficient (Wildman–Crippen LogP) is 3.40. The Morgan fingerprint density at radius 3 is 2.67 bits per heavy atom. The predicted molar refractivity (Wildman–Crippen MR) is 128 cm³/mol. The van der Waals surface area contributed by atoms with Crippen molar-refractivity contribution in [3.63, 3.8) is 0 Å². The smallest absolute Gasteiger partial charge is 0.260 e. The van der Waals surface area contributed by atoms with E-state index in [1.807, 2.05) is 13.0 Å². The molecule has 1 aliphatic heterocycles. The second-order valence-corrected chi connectivity index (χ2v) is 8.40. The zero-order valence-electron chi connectivity index (χ0n) is 18.2. The molecule has 0 atom stereocenters. The number of hydrogen-bond acceptors (Lipinski definition) is 6. The van der Waals surface area contributed by atoms with Gasteiger partial charge < -0.3 is 10.1 Å². The molecule has 168 valence electrons. The lowest BCUT2D eigenvalue weighted by Crippen LogP contribution is -2.40. The number of ether oxygens (including phenoxy) is 1. The van der Waals surface area contributed by atoms with E-state index in [2.05, 4.69) is 15.3 Å². The normalized spacial score (nSPS) is 13.8. The number of halogens is 1. The van der Waals surface area contributed by atoms with Crippen LogP contribution >= 0.6 is 11.6 Å². The van der Waals surface area contributed by atoms with Crippen LogP contribution in [-0.4, -0.2) is 38.4 Å². The van der Waals surface area contributed by atoms with Gasteiger partial charge in [0.05, 0.1) is 30.0 Å². The molecule has 0 saturated carbocycles. The molecule has 1 saturated heterocycles. The first-order valence-corrected chi connectivity index (χ1v) is 11.1. The molecule has 0 unspecified atom stereocenters. The van der Waals surface area contributed by atoms with Gasteiger partial charge in [0.1, 0.15) is 5.65 Å². The van der Waals surface area contributed by atoms with Gasteiger partial charge in [-0.2, -0.15) is 4.98 Å². The molecular formula is C24H22ClN5O3. The van der Waals surface area contributed by atoms with Crippen molar-refractivity contribution >= 4 is 28.6 Å². The molecule has 0 radical (unpaired) electrons. The highest BCUT2D eigenvalue weighted by molar-refractivity contribution is 6.33. The Hall–Kier alpha value is -3.49. The standard InChI is InChI=1S/C24H22ClN5O3/c1-3-29-21-15(11-26-24(28-21)27-16-12-33-13-16)9-19(23(29)32)18-7-6-17(10-20(18)25)30-8-4-5-14(2)22(30)31/h4-11,16H,3,12-13H2,1-2H3,(H,26,27,28). The second-order valence-electron chi connectivity index (χ2n) is 7.99. The van der Waals surface area contributed by atoms with Gasteiger partial charge in [-0.15, -0.1) is 0 Å². The van der Waals surface area contributed by atoms with Gasteiger partial charge in [-0.1, -0.05) is 23.7 Å². The molecule has 1 N–H and O–H groups in total. The third kappa shape index (κ3) is 3.81. The van der Waals surface area contributed by atoms with Crippen LogP contribution in [0.1, 0.15) is 12.5 Å². The van der Waals surface area contributed by atoms with Crippen molar-refractivity contribution in [2.24, 2.45) is 0 Å². The Balaban J connectivity index is 1.60. The summed E-state index contributed by atoms with van der Waals surface area (Å²) >= 11 is 6.61. The maximum atomic E-state index is 13.4. The monoisotopic (exact) mass is 463 g/mol. The minimum Gasteiger partial charge on any atom is -0.377 e. The molecule has 1 aliphatic rings. The largest absolute Gasteiger partial charge is 0.377 e. The van der Waals surface area contributed by atoms with Gasteiger partial charge >= 0.3 is 0 Å². The van der Waals surface area contributed by atoms with E-state index >= 15 is 0 Å². The van der Waals surface area contributed by atoms with Crippen molar-refractivity contribution in [1.82, 2.24) is 19.1 Å². The first-order chi connectivity index (χ1) is 16.0. The number of benzene rings is 1. The van der Waals surface area contributed by atoms with Crippen molar-refractivity contribution in [2.75, 3.05) is 18.5 Å². The minimum atomic E-state index is -0.191. The average Bonchev–Trinajstić information content (AvgIpc) is 2.78. The first kappa shape index (κ1) is 21.4. The van der Waals surface area contributed by atoms with Gasteiger partial charge in [0.15, 0.2) is 0 Å². The molecule has 0 aliphatic carbocycles. The molecule has 1 aromatic carbocycles. The molecule has 8 nitrogen and oxygen atoms in total. The van der Waals surface area contributed by atoms with Gasteiger partial charge in [-0.05, 0) is 38.1 Å². The Morgan fingerprint density at radius 2 is 1.97 bits per heavy atom. The maximum Gasteiger partial charge on any atom is 0.260 e. The van der Waals surface area contributed by atoms with Gasteiger partial charge in [0.2, 0.25) is 5.95 Å². The molecule has 3 aromatic heterocycles. The van der Waals surface area contributed by atoms with Gasteiger partial charge in [0, 0.05) is 41.0 Å². The highest BCUT2D eigenvalue weighted by atomic mass is 35.5. The van der Waals surface area contributed by atoms with E-state index in [0.29, 0.717) is 58.8 Å². The number of aromatic nitrogens is 4. The Bertz CT molecular complexity index is 1490. The number of nitrogens with zero attached hydrogens (tertiary/aromatic N) is 4. The molecule has 33 heavy (non-hydrogen) atoms. The van der Waals surface area contributed by atoms with Crippen molar-refractivity contribution in [1.29, 1.82) is 0 Å². The molecule has 5 rings (SSSR count). The number of hydrogen-bond donors (Lipinski definition) is 1. The van der Waals surface area contributed by atoms with E-state index in [9.17, 15) is 9.59 Å². The average molecular weight is 464 g/mol. The fraction of sp³-hybridized carbons (Fsp3) is 0.250. The van der Waals surface area contributed by atoms with Crippen LogP contribution in [0.25, 0.3) is 27.8 Å². The van der Waals surface area contributed by atoms with Crippen LogP contribution in [0.2, 0.25) is 5.02 Å². The van der Waals surface area contributed by atoms with Crippen LogP contribution < -0.4 is 16.4 Å². The van der Waals surface area contributed by atoms with Crippen LogP contribution in [0.3, 0.4) is 0 Å². The summed E-state index contributed by atoms with van der Waals surface area (Å²) in [5.41, 5.74) is 2.56. The number of pyridine rings is 2. The number of aryl methyl sites for hydroxylation is 2. The van der Waals surface area contributed by atoms with E-state index in [1.165, 1.54) is 4.57 Å². The Morgan fingerprint density at radius 1 is 1.15 bits per heavy atom. The second kappa shape index (κ2) is 8.46. The topological polar surface area (TPSA) is 91.0 Å². The van der Waals surface area contributed by atoms with Crippen LogP contribution in [-0.2, 0) is 11.3 Å². The summed E-state index contributed by atoms with van der Waals surface area (Å²) in [5, 5.41) is 4.33. The van der Waals surface area contributed by atoms with Crippen LogP contribution in [0.4, 0.5) is 5.95 Å². The maximum absolute atomic E-state index is 13.4. The van der Waals surface area contributed by atoms with E-state index in [4.69, 9.17) is 16.3 Å². The SMILES string of the molecule is CCn1c(=O)c(-c2ccc(-n3cccc(C)c3=O)cc2Cl)cc2cnc(NC3COC3)nc21. The summed E-state index contributed by atoms with van der Waals surface area (Å²) in [6.07, 6.45) is 3.40. The molecule has 0 spiro atoms. The van der Waals surface area contributed by atoms with Crippen molar-refractivity contribution < 1.29 is 4.74 Å². The van der Waals surface area contributed by atoms with Gasteiger partial charge in [-0.25, -0.2) is 4.98 Å². The van der Waals surface area contributed by atoms with Crippen LogP contribution in [0, 0.1) is 6.92 Å². The molecule has 4 aromatic rings. The molecule has 0 bridgehead atoms. The van der Waals surface area contributed by atoms with Crippen molar-refractivity contribution in [3.8, 4) is 16.8 Å². The fourth-order valence-corrected chi connectivity index (χ4v) is 4.17. The minimum absolute atomic E-state index is 0.115. The summed E-state index contributed by atoms with van der Waals surface area (Å²) in [5.74, 6) is 0.469. The fourth-order valence-electron chi connectivity index (χ4n) is 3.89. The number of fused-ring (bicyclic) bond motifs is 1. The van der Waals surface area contributed by atoms with E-state index in [-0.39, 0.29) is 17.2 Å². The van der Waals surface area contributed by atoms with Gasteiger partial charge in [-0.3, -0.25) is 18.7 Å². The number of nitrogens with one attached hydrogen (secondary N) is 1. The third-order valence-corrected chi connectivity index (χ3v) is 6.09. The highest BCUT2D eigenvalue weighted by Crippen LogP contribution is 2.29. The zero-order chi connectivity index (χ0) is 23.1. The van der Waals surface area contributed by atoms with E-state index < -0.39 is 0 Å². The van der Waals surface area contributed by atoms with E-state index in [0.717, 1.165) is 5.39 Å². The van der Waals surface area contributed by atoms with Crippen LogP contribution in [0.5, 0.6) is 0 Å². The molecule has 1 fully saturated rings. The summed E-state index contributed by atoms with van der Waals surface area (Å²) in [6.45, 7) is 5.34. The Kier molecular flexibility index (Phi) is 5.47. The lowest BCUT2D eigenvalue weighted by molar-refractivity contribution is 0.0208. The molecule has 4 heterocycles. The van der Waals surface area contributed by atoms with Gasteiger partial charge in [0.25, 0.3) is 11.1 Å². The summed E-state index contributed by atoms with van der Waals surface area (Å²) in [4.78, 5) is 34.8.